The Kier molecular flexibility index (Phi) is 5.32. The lowest BCUT2D eigenvalue weighted by atomic mass is 10.1. The van der Waals surface area contributed by atoms with Crippen LogP contribution in [0.2, 0.25) is 0 Å². The Labute approximate surface area is 161 Å². The fourth-order valence-corrected chi connectivity index (χ4v) is 3.60. The van der Waals surface area contributed by atoms with Crippen molar-refractivity contribution in [2.75, 3.05) is 45.1 Å². The lowest BCUT2D eigenvalue weighted by Gasteiger charge is -2.34. The molecule has 0 radical (unpaired) electrons. The van der Waals surface area contributed by atoms with E-state index in [-0.39, 0.29) is 0 Å². The van der Waals surface area contributed by atoms with Crippen molar-refractivity contribution in [2.45, 2.75) is 13.0 Å². The molecule has 1 atom stereocenters. The maximum absolute atomic E-state index is 4.87. The van der Waals surface area contributed by atoms with E-state index in [2.05, 4.69) is 53.4 Å². The van der Waals surface area contributed by atoms with Crippen LogP contribution in [-0.2, 0) is 0 Å². The van der Waals surface area contributed by atoms with Gasteiger partial charge in [-0.25, -0.2) is 9.97 Å². The standard InChI is InChI=1S/C22H27N5/c1-17(16-27-14-12-26(2)13-15-27)23-22-19-10-6-7-11-20(19)24-21(25-22)18-8-4-3-5-9-18/h3-11,17H,12-16H2,1-2H3,(H,23,24,25). The van der Waals surface area contributed by atoms with Crippen LogP contribution in [0.25, 0.3) is 22.3 Å². The molecule has 2 aromatic carbocycles. The summed E-state index contributed by atoms with van der Waals surface area (Å²) in [7, 11) is 2.19. The predicted molar refractivity (Wildman–Crippen MR) is 112 cm³/mol. The van der Waals surface area contributed by atoms with Crippen LogP contribution in [0.4, 0.5) is 5.82 Å². The number of nitrogens with one attached hydrogen (secondary N) is 1. The van der Waals surface area contributed by atoms with E-state index in [1.54, 1.807) is 0 Å². The number of rotatable bonds is 5. The average Bonchev–Trinajstić information content (AvgIpc) is 2.70. The van der Waals surface area contributed by atoms with E-state index < -0.39 is 0 Å². The Morgan fingerprint density at radius 1 is 0.926 bits per heavy atom. The summed E-state index contributed by atoms with van der Waals surface area (Å²) >= 11 is 0. The van der Waals surface area contributed by atoms with E-state index in [1.165, 1.54) is 0 Å². The third-order valence-electron chi connectivity index (χ3n) is 5.15. The van der Waals surface area contributed by atoms with Crippen LogP contribution in [0.5, 0.6) is 0 Å². The molecule has 1 N–H and O–H groups in total. The molecule has 1 unspecified atom stereocenters. The minimum absolute atomic E-state index is 0.315. The van der Waals surface area contributed by atoms with E-state index in [9.17, 15) is 0 Å². The molecule has 1 aliphatic heterocycles. The highest BCUT2D eigenvalue weighted by atomic mass is 15.3. The first-order chi connectivity index (χ1) is 13.2. The van der Waals surface area contributed by atoms with Gasteiger partial charge < -0.3 is 10.2 Å². The second-order valence-electron chi connectivity index (χ2n) is 7.43. The third kappa shape index (κ3) is 4.26. The summed E-state index contributed by atoms with van der Waals surface area (Å²) in [6.07, 6.45) is 0. The fourth-order valence-electron chi connectivity index (χ4n) is 3.60. The van der Waals surface area contributed by atoms with Gasteiger partial charge in [0.1, 0.15) is 5.82 Å². The molecule has 5 heteroatoms. The highest BCUT2D eigenvalue weighted by Gasteiger charge is 2.17. The van der Waals surface area contributed by atoms with Gasteiger partial charge in [0.15, 0.2) is 5.82 Å². The minimum Gasteiger partial charge on any atom is -0.366 e. The summed E-state index contributed by atoms with van der Waals surface area (Å²) in [6, 6.07) is 18.7. The van der Waals surface area contributed by atoms with Crippen molar-refractivity contribution in [3.63, 3.8) is 0 Å². The number of fused-ring (bicyclic) bond motifs is 1. The van der Waals surface area contributed by atoms with Gasteiger partial charge in [-0.3, -0.25) is 4.90 Å². The predicted octanol–water partition coefficient (Wildman–Crippen LogP) is 3.34. The smallest absolute Gasteiger partial charge is 0.162 e. The van der Waals surface area contributed by atoms with Crippen molar-refractivity contribution < 1.29 is 0 Å². The second-order valence-corrected chi connectivity index (χ2v) is 7.43. The zero-order valence-electron chi connectivity index (χ0n) is 16.1. The van der Waals surface area contributed by atoms with Gasteiger partial charge >= 0.3 is 0 Å². The van der Waals surface area contributed by atoms with E-state index in [1.807, 2.05) is 30.3 Å². The van der Waals surface area contributed by atoms with Gasteiger partial charge in [0.25, 0.3) is 0 Å². The number of hydrogen-bond acceptors (Lipinski definition) is 5. The van der Waals surface area contributed by atoms with E-state index >= 15 is 0 Å². The van der Waals surface area contributed by atoms with Crippen molar-refractivity contribution >= 4 is 16.7 Å². The first kappa shape index (κ1) is 17.9. The molecule has 2 heterocycles. The Balaban J connectivity index is 1.58. The summed E-state index contributed by atoms with van der Waals surface area (Å²) in [5.41, 5.74) is 2.01. The van der Waals surface area contributed by atoms with E-state index in [0.29, 0.717) is 6.04 Å². The molecule has 5 nitrogen and oxygen atoms in total. The van der Waals surface area contributed by atoms with Crippen molar-refractivity contribution in [2.24, 2.45) is 0 Å². The number of hydrogen-bond donors (Lipinski definition) is 1. The average molecular weight is 361 g/mol. The van der Waals surface area contributed by atoms with Crippen molar-refractivity contribution in [3.05, 3.63) is 54.6 Å². The lowest BCUT2D eigenvalue weighted by molar-refractivity contribution is 0.151. The van der Waals surface area contributed by atoms with Crippen molar-refractivity contribution in [3.8, 4) is 11.4 Å². The third-order valence-corrected chi connectivity index (χ3v) is 5.15. The van der Waals surface area contributed by atoms with Crippen LogP contribution < -0.4 is 5.32 Å². The van der Waals surface area contributed by atoms with Gasteiger partial charge in [0, 0.05) is 49.7 Å². The van der Waals surface area contributed by atoms with Crippen LogP contribution in [-0.4, -0.2) is 65.6 Å². The quantitative estimate of drug-likeness (QED) is 0.755. The highest BCUT2D eigenvalue weighted by Crippen LogP contribution is 2.25. The van der Waals surface area contributed by atoms with E-state index in [0.717, 1.165) is 60.8 Å². The Morgan fingerprint density at radius 2 is 1.63 bits per heavy atom. The van der Waals surface area contributed by atoms with Crippen LogP contribution in [0, 0.1) is 0 Å². The molecule has 1 aromatic heterocycles. The summed E-state index contributed by atoms with van der Waals surface area (Å²) in [5, 5.41) is 4.72. The normalized spacial score (nSPS) is 17.1. The molecule has 4 rings (SSSR count). The SMILES string of the molecule is CC(CN1CCN(C)CC1)Nc1nc(-c2ccccc2)nc2ccccc12. The number of likely N-dealkylation sites (N-methyl/N-ethyl adjacent to an activating group) is 1. The van der Waals surface area contributed by atoms with Crippen molar-refractivity contribution in [1.82, 2.24) is 19.8 Å². The highest BCUT2D eigenvalue weighted by molar-refractivity contribution is 5.90. The molecule has 1 aliphatic rings. The summed E-state index contributed by atoms with van der Waals surface area (Å²) in [6.45, 7) is 7.79. The molecule has 0 bridgehead atoms. The minimum atomic E-state index is 0.315. The maximum atomic E-state index is 4.87. The Bertz CT molecular complexity index is 888. The van der Waals surface area contributed by atoms with Gasteiger partial charge in [-0.15, -0.1) is 0 Å². The monoisotopic (exact) mass is 361 g/mol. The molecule has 1 saturated heterocycles. The number of benzene rings is 2. The van der Waals surface area contributed by atoms with Crippen LogP contribution >= 0.6 is 0 Å². The molecule has 140 valence electrons. The summed E-state index contributed by atoms with van der Waals surface area (Å²) in [5.74, 6) is 1.68. The summed E-state index contributed by atoms with van der Waals surface area (Å²) < 4.78 is 0. The number of piperazine rings is 1. The number of aromatic nitrogens is 2. The lowest BCUT2D eigenvalue weighted by Crippen LogP contribution is -2.47. The number of anilines is 1. The largest absolute Gasteiger partial charge is 0.366 e. The molecular formula is C22H27N5. The van der Waals surface area contributed by atoms with Gasteiger partial charge in [-0.1, -0.05) is 42.5 Å². The fraction of sp³-hybridized carbons (Fsp3) is 0.364. The molecule has 0 spiro atoms. The molecule has 3 aromatic rings. The molecule has 0 aliphatic carbocycles. The maximum Gasteiger partial charge on any atom is 0.162 e. The van der Waals surface area contributed by atoms with Crippen LogP contribution in [0.3, 0.4) is 0 Å². The molecule has 27 heavy (non-hydrogen) atoms. The van der Waals surface area contributed by atoms with Gasteiger partial charge in [-0.2, -0.15) is 0 Å². The van der Waals surface area contributed by atoms with Gasteiger partial charge in [0.2, 0.25) is 0 Å². The van der Waals surface area contributed by atoms with E-state index in [4.69, 9.17) is 9.97 Å². The van der Waals surface area contributed by atoms with Gasteiger partial charge in [-0.05, 0) is 26.1 Å². The first-order valence-corrected chi connectivity index (χ1v) is 9.69. The molecule has 0 saturated carbocycles. The Hall–Kier alpha value is -2.50. The molecular weight excluding hydrogens is 334 g/mol. The van der Waals surface area contributed by atoms with Crippen LogP contribution in [0.15, 0.2) is 54.6 Å². The number of para-hydroxylation sites is 1. The zero-order valence-corrected chi connectivity index (χ0v) is 16.1. The second kappa shape index (κ2) is 8.03. The van der Waals surface area contributed by atoms with Crippen molar-refractivity contribution in [1.29, 1.82) is 0 Å². The topological polar surface area (TPSA) is 44.3 Å². The first-order valence-electron chi connectivity index (χ1n) is 9.69. The number of nitrogens with zero attached hydrogens (tertiary/aromatic N) is 4. The Morgan fingerprint density at radius 3 is 2.41 bits per heavy atom. The van der Waals surface area contributed by atoms with Crippen LogP contribution in [0.1, 0.15) is 6.92 Å². The van der Waals surface area contributed by atoms with Gasteiger partial charge in [0.05, 0.1) is 5.52 Å². The zero-order chi connectivity index (χ0) is 18.6. The molecule has 1 fully saturated rings. The summed E-state index contributed by atoms with van der Waals surface area (Å²) in [4.78, 5) is 14.6. The molecule has 0 amide bonds.